The number of urea groups is 1. The molecule has 10 heteroatoms. The molecule has 0 spiro atoms. The van der Waals surface area contributed by atoms with E-state index in [0.717, 1.165) is 69.7 Å². The number of carbonyl (C=O) groups excluding carboxylic acids is 2. The topological polar surface area (TPSA) is 136 Å². The van der Waals surface area contributed by atoms with Gasteiger partial charge in [0.25, 0.3) is 0 Å². The van der Waals surface area contributed by atoms with Crippen LogP contribution in [0.5, 0.6) is 0 Å². The fourth-order valence-corrected chi connectivity index (χ4v) is 4.86. The molecule has 1 fully saturated rings. The molecule has 1 saturated heterocycles. The first kappa shape index (κ1) is 26.4. The lowest BCUT2D eigenvalue weighted by atomic mass is 9.96. The van der Waals surface area contributed by atoms with E-state index in [4.69, 9.17) is 4.98 Å². The average molecular weight is 509 g/mol. The van der Waals surface area contributed by atoms with E-state index in [9.17, 15) is 19.5 Å². The van der Waals surface area contributed by atoms with E-state index in [1.54, 1.807) is 24.3 Å². The van der Waals surface area contributed by atoms with Gasteiger partial charge in [0.15, 0.2) is 0 Å². The van der Waals surface area contributed by atoms with Crippen molar-refractivity contribution < 1.29 is 19.5 Å². The highest BCUT2D eigenvalue weighted by Crippen LogP contribution is 2.21. The van der Waals surface area contributed by atoms with Gasteiger partial charge in [-0.1, -0.05) is 24.3 Å². The number of carbonyl (C=O) groups is 3. The number of para-hydroxylation sites is 1. The number of carboxylic acid groups (broad SMARTS) is 1. The Morgan fingerprint density at radius 3 is 2.78 bits per heavy atom. The van der Waals surface area contributed by atoms with Gasteiger partial charge in [0.2, 0.25) is 5.91 Å². The molecule has 2 aliphatic heterocycles. The Morgan fingerprint density at radius 2 is 1.97 bits per heavy atom. The van der Waals surface area contributed by atoms with E-state index < -0.39 is 18.0 Å². The largest absolute Gasteiger partial charge is 0.480 e. The lowest BCUT2D eigenvalue weighted by Crippen LogP contribution is -2.51. The second kappa shape index (κ2) is 13.0. The molecule has 0 bridgehead atoms. The summed E-state index contributed by atoms with van der Waals surface area (Å²) in [6.07, 6.45) is 5.76. The minimum absolute atomic E-state index is 0.176. The highest BCUT2D eigenvalue weighted by Gasteiger charge is 2.27. The molecule has 10 nitrogen and oxygen atoms in total. The van der Waals surface area contributed by atoms with Crippen molar-refractivity contribution in [3.63, 3.8) is 0 Å². The van der Waals surface area contributed by atoms with Crippen LogP contribution >= 0.6 is 0 Å². The van der Waals surface area contributed by atoms with Gasteiger partial charge in [0.1, 0.15) is 11.9 Å². The van der Waals surface area contributed by atoms with Crippen molar-refractivity contribution in [2.75, 3.05) is 43.4 Å². The normalized spacial score (nSPS) is 18.1. The zero-order valence-corrected chi connectivity index (χ0v) is 21.0. The first-order valence-electron chi connectivity index (χ1n) is 13.1. The zero-order valence-electron chi connectivity index (χ0n) is 21.0. The Hall–Kier alpha value is -3.66. The third-order valence-corrected chi connectivity index (χ3v) is 6.85. The number of aliphatic carboxylic acids is 1. The van der Waals surface area contributed by atoms with Crippen molar-refractivity contribution >= 4 is 29.4 Å². The Bertz CT molecular complexity index is 1080. The maximum Gasteiger partial charge on any atom is 0.328 e. The fraction of sp³-hybridized carbons (Fsp3) is 0.481. The molecule has 0 unspecified atom stereocenters. The van der Waals surface area contributed by atoms with Crippen LogP contribution in [0.4, 0.5) is 16.3 Å². The molecule has 1 aromatic carbocycles. The monoisotopic (exact) mass is 508 g/mol. The predicted molar refractivity (Wildman–Crippen MR) is 142 cm³/mol. The number of rotatable bonds is 10. The van der Waals surface area contributed by atoms with Gasteiger partial charge in [-0.15, -0.1) is 0 Å². The summed E-state index contributed by atoms with van der Waals surface area (Å²) >= 11 is 0. The number of benzene rings is 1. The molecule has 1 aromatic heterocycles. The number of amides is 3. The second-order valence-corrected chi connectivity index (χ2v) is 9.68. The molecule has 4 rings (SSSR count). The third kappa shape index (κ3) is 7.91. The molecule has 0 saturated carbocycles. The number of hydrogen-bond donors (Lipinski definition) is 5. The summed E-state index contributed by atoms with van der Waals surface area (Å²) in [5, 5.41) is 20.6. The van der Waals surface area contributed by atoms with Crippen LogP contribution < -0.4 is 21.3 Å². The second-order valence-electron chi connectivity index (χ2n) is 9.68. The SMILES string of the molecule is O=C(Nc1ccccc1)N[C@@H](CNC(=O)[C@@H]1CCCN(CCCc2ccc3c(n2)NCCC3)C1)C(=O)O. The molecular weight excluding hydrogens is 472 g/mol. The maximum atomic E-state index is 12.8. The first-order valence-corrected chi connectivity index (χ1v) is 13.1. The number of nitrogens with one attached hydrogen (secondary N) is 4. The molecule has 2 aromatic rings. The fourth-order valence-electron chi connectivity index (χ4n) is 4.86. The van der Waals surface area contributed by atoms with Crippen molar-refractivity contribution in [3.8, 4) is 0 Å². The minimum Gasteiger partial charge on any atom is -0.480 e. The van der Waals surface area contributed by atoms with E-state index in [2.05, 4.69) is 38.3 Å². The Balaban J connectivity index is 1.19. The summed E-state index contributed by atoms with van der Waals surface area (Å²) in [6.45, 7) is 3.28. The highest BCUT2D eigenvalue weighted by atomic mass is 16.4. The Morgan fingerprint density at radius 1 is 1.14 bits per heavy atom. The van der Waals surface area contributed by atoms with Crippen molar-refractivity contribution in [2.45, 2.75) is 44.6 Å². The van der Waals surface area contributed by atoms with Crippen LogP contribution in [0.1, 0.15) is 36.9 Å². The van der Waals surface area contributed by atoms with Crippen LogP contribution in [0, 0.1) is 5.92 Å². The standard InChI is InChI=1S/C27H36N6O4/c34-25(29-17-23(26(35)36)32-27(37)31-21-9-2-1-3-10-21)20-8-5-15-33(18-20)16-6-11-22-13-12-19-7-4-14-28-24(19)30-22/h1-3,9-10,12-13,20,23H,4-8,11,14-18H2,(H,28,30)(H,29,34)(H,35,36)(H2,31,32,37)/t20-,23+/m1/s1. The first-order chi connectivity index (χ1) is 18.0. The van der Waals surface area contributed by atoms with E-state index in [0.29, 0.717) is 12.2 Å². The number of fused-ring (bicyclic) bond motifs is 1. The molecular formula is C27H36N6O4. The lowest BCUT2D eigenvalue weighted by Gasteiger charge is -2.32. The Labute approximate surface area is 217 Å². The summed E-state index contributed by atoms with van der Waals surface area (Å²) in [6, 6.07) is 11.2. The van der Waals surface area contributed by atoms with Gasteiger partial charge in [0.05, 0.1) is 5.92 Å². The number of anilines is 2. The highest BCUT2D eigenvalue weighted by molar-refractivity contribution is 5.92. The molecule has 2 atom stereocenters. The summed E-state index contributed by atoms with van der Waals surface area (Å²) in [5.74, 6) is -0.569. The molecule has 5 N–H and O–H groups in total. The quantitative estimate of drug-likeness (QED) is 0.333. The van der Waals surface area contributed by atoms with Gasteiger partial charge in [-0.3, -0.25) is 4.79 Å². The van der Waals surface area contributed by atoms with Crippen LogP contribution in [0.15, 0.2) is 42.5 Å². The summed E-state index contributed by atoms with van der Waals surface area (Å²) in [5.41, 5.74) is 2.93. The zero-order chi connectivity index (χ0) is 26.0. The molecule has 0 aliphatic carbocycles. The number of aryl methyl sites for hydroxylation is 2. The van der Waals surface area contributed by atoms with Crippen molar-refractivity contribution in [1.82, 2.24) is 20.5 Å². The van der Waals surface area contributed by atoms with Gasteiger partial charge < -0.3 is 31.3 Å². The Kier molecular flexibility index (Phi) is 9.31. The van der Waals surface area contributed by atoms with Crippen LogP contribution in [-0.4, -0.2) is 71.7 Å². The van der Waals surface area contributed by atoms with E-state index in [1.165, 1.54) is 5.56 Å². The van der Waals surface area contributed by atoms with Crippen LogP contribution in [0.2, 0.25) is 0 Å². The smallest absolute Gasteiger partial charge is 0.328 e. The van der Waals surface area contributed by atoms with Crippen molar-refractivity contribution in [3.05, 3.63) is 53.7 Å². The molecule has 0 radical (unpaired) electrons. The van der Waals surface area contributed by atoms with Crippen LogP contribution in [-0.2, 0) is 22.4 Å². The van der Waals surface area contributed by atoms with Crippen LogP contribution in [0.3, 0.4) is 0 Å². The summed E-state index contributed by atoms with van der Waals surface area (Å²) in [7, 11) is 0. The predicted octanol–water partition coefficient (Wildman–Crippen LogP) is 2.48. The molecule has 198 valence electrons. The number of piperidine rings is 1. The number of carboxylic acids is 1. The number of hydrogen-bond acceptors (Lipinski definition) is 6. The molecule has 37 heavy (non-hydrogen) atoms. The third-order valence-electron chi connectivity index (χ3n) is 6.85. The molecule has 3 heterocycles. The minimum atomic E-state index is -1.23. The van der Waals surface area contributed by atoms with Gasteiger partial charge in [-0.25, -0.2) is 14.6 Å². The number of nitrogens with zero attached hydrogens (tertiary/aromatic N) is 2. The summed E-state index contributed by atoms with van der Waals surface area (Å²) in [4.78, 5) is 43.7. The van der Waals surface area contributed by atoms with Gasteiger partial charge in [-0.2, -0.15) is 0 Å². The number of aromatic nitrogens is 1. The van der Waals surface area contributed by atoms with Gasteiger partial charge in [0, 0.05) is 31.0 Å². The van der Waals surface area contributed by atoms with E-state index >= 15 is 0 Å². The van der Waals surface area contributed by atoms with E-state index in [-0.39, 0.29) is 18.4 Å². The van der Waals surface area contributed by atoms with Gasteiger partial charge in [-0.05, 0) is 75.4 Å². The maximum absolute atomic E-state index is 12.8. The lowest BCUT2D eigenvalue weighted by molar-refractivity contribution is -0.139. The van der Waals surface area contributed by atoms with Crippen molar-refractivity contribution in [1.29, 1.82) is 0 Å². The molecule has 3 amide bonds. The van der Waals surface area contributed by atoms with Crippen LogP contribution in [0.25, 0.3) is 0 Å². The summed E-state index contributed by atoms with van der Waals surface area (Å²) < 4.78 is 0. The van der Waals surface area contributed by atoms with E-state index in [1.807, 2.05) is 6.07 Å². The molecule has 2 aliphatic rings. The van der Waals surface area contributed by atoms with Gasteiger partial charge >= 0.3 is 12.0 Å². The number of likely N-dealkylation sites (tertiary alicyclic amines) is 1. The number of pyridine rings is 1. The average Bonchev–Trinajstić information content (AvgIpc) is 2.91. The van der Waals surface area contributed by atoms with Crippen molar-refractivity contribution in [2.24, 2.45) is 5.92 Å².